The van der Waals surface area contributed by atoms with E-state index in [0.29, 0.717) is 17.7 Å². The number of cyclic esters (lactones) is 1. The van der Waals surface area contributed by atoms with Crippen molar-refractivity contribution in [3.63, 3.8) is 0 Å². The number of amides is 1. The SMILES string of the molecule is O=C1OC(CBr)CN1c1ccncn1. The van der Waals surface area contributed by atoms with E-state index in [2.05, 4.69) is 25.9 Å². The third-order valence-corrected chi connectivity index (χ3v) is 2.61. The van der Waals surface area contributed by atoms with Crippen molar-refractivity contribution in [3.8, 4) is 0 Å². The first-order chi connectivity index (χ1) is 6.81. The zero-order chi connectivity index (χ0) is 9.97. The molecule has 0 aliphatic carbocycles. The van der Waals surface area contributed by atoms with Crippen molar-refractivity contribution in [2.45, 2.75) is 6.10 Å². The molecular formula is C8H8BrN3O2. The van der Waals surface area contributed by atoms with Gasteiger partial charge in [-0.2, -0.15) is 0 Å². The predicted octanol–water partition coefficient (Wildman–Crippen LogP) is 1.20. The molecule has 1 amide bonds. The maximum atomic E-state index is 11.4. The zero-order valence-corrected chi connectivity index (χ0v) is 8.85. The maximum absolute atomic E-state index is 11.4. The molecule has 0 spiro atoms. The van der Waals surface area contributed by atoms with Crippen molar-refractivity contribution >= 4 is 27.8 Å². The van der Waals surface area contributed by atoms with Crippen molar-refractivity contribution < 1.29 is 9.53 Å². The Kier molecular flexibility index (Phi) is 2.62. The molecular weight excluding hydrogens is 250 g/mol. The number of carbonyl (C=O) groups excluding carboxylic acids is 1. The second-order valence-corrected chi connectivity index (χ2v) is 3.49. The van der Waals surface area contributed by atoms with E-state index in [-0.39, 0.29) is 12.2 Å². The van der Waals surface area contributed by atoms with Crippen LogP contribution in [0.3, 0.4) is 0 Å². The fraction of sp³-hybridized carbons (Fsp3) is 0.375. The summed E-state index contributed by atoms with van der Waals surface area (Å²) in [6.45, 7) is 0.529. The summed E-state index contributed by atoms with van der Waals surface area (Å²) in [5.41, 5.74) is 0. The lowest BCUT2D eigenvalue weighted by atomic mass is 10.4. The van der Waals surface area contributed by atoms with E-state index in [4.69, 9.17) is 4.74 Å². The Hall–Kier alpha value is -1.17. The first-order valence-electron chi connectivity index (χ1n) is 4.11. The molecule has 1 unspecified atom stereocenters. The number of anilines is 1. The van der Waals surface area contributed by atoms with Crippen LogP contribution in [0.15, 0.2) is 18.6 Å². The standard InChI is InChI=1S/C8H8BrN3O2/c9-3-6-4-12(8(13)14-6)7-1-2-10-5-11-7/h1-2,5-6H,3-4H2. The molecule has 0 radical (unpaired) electrons. The number of hydrogen-bond acceptors (Lipinski definition) is 4. The minimum atomic E-state index is -0.354. The summed E-state index contributed by atoms with van der Waals surface area (Å²) in [6.07, 6.45) is 2.55. The highest BCUT2D eigenvalue weighted by molar-refractivity contribution is 9.09. The van der Waals surface area contributed by atoms with E-state index in [9.17, 15) is 4.79 Å². The van der Waals surface area contributed by atoms with E-state index < -0.39 is 0 Å². The number of carbonyl (C=O) groups is 1. The highest BCUT2D eigenvalue weighted by atomic mass is 79.9. The zero-order valence-electron chi connectivity index (χ0n) is 7.26. The van der Waals surface area contributed by atoms with Gasteiger partial charge in [0.15, 0.2) is 0 Å². The van der Waals surface area contributed by atoms with Crippen LogP contribution in [0.2, 0.25) is 0 Å². The summed E-state index contributed by atoms with van der Waals surface area (Å²) in [6, 6.07) is 1.68. The maximum Gasteiger partial charge on any atom is 0.415 e. The summed E-state index contributed by atoms with van der Waals surface area (Å²) in [5, 5.41) is 0.639. The second kappa shape index (κ2) is 3.91. The van der Waals surface area contributed by atoms with E-state index in [1.807, 2.05) is 0 Å². The topological polar surface area (TPSA) is 55.3 Å². The number of rotatable bonds is 2. The lowest BCUT2D eigenvalue weighted by molar-refractivity contribution is 0.152. The van der Waals surface area contributed by atoms with E-state index >= 15 is 0 Å². The van der Waals surface area contributed by atoms with Gasteiger partial charge in [0.1, 0.15) is 18.2 Å². The largest absolute Gasteiger partial charge is 0.443 e. The molecule has 5 nitrogen and oxygen atoms in total. The molecule has 0 aromatic carbocycles. The first kappa shape index (κ1) is 9.39. The summed E-state index contributed by atoms with van der Waals surface area (Å²) in [5.74, 6) is 0.577. The predicted molar refractivity (Wildman–Crippen MR) is 53.4 cm³/mol. The van der Waals surface area contributed by atoms with Gasteiger partial charge in [0.25, 0.3) is 0 Å². The van der Waals surface area contributed by atoms with Crippen LogP contribution in [0.4, 0.5) is 10.6 Å². The Morgan fingerprint density at radius 1 is 1.71 bits per heavy atom. The van der Waals surface area contributed by atoms with Crippen molar-refractivity contribution in [2.24, 2.45) is 0 Å². The minimum absolute atomic E-state index is 0.0996. The third kappa shape index (κ3) is 1.70. The third-order valence-electron chi connectivity index (χ3n) is 1.89. The average molecular weight is 258 g/mol. The summed E-state index contributed by atoms with van der Waals surface area (Å²) < 4.78 is 5.06. The molecule has 0 bridgehead atoms. The lowest BCUT2D eigenvalue weighted by Gasteiger charge is -2.09. The molecule has 1 aromatic rings. The molecule has 2 rings (SSSR count). The number of aromatic nitrogens is 2. The smallest absolute Gasteiger partial charge is 0.415 e. The Morgan fingerprint density at radius 3 is 3.14 bits per heavy atom. The summed E-state index contributed by atoms with van der Waals surface area (Å²) in [7, 11) is 0. The monoisotopic (exact) mass is 257 g/mol. The Bertz CT molecular complexity index is 333. The normalized spacial score (nSPS) is 21.1. The van der Waals surface area contributed by atoms with Crippen molar-refractivity contribution in [1.29, 1.82) is 0 Å². The number of nitrogens with zero attached hydrogens (tertiary/aromatic N) is 3. The lowest BCUT2D eigenvalue weighted by Crippen LogP contribution is -2.25. The number of ether oxygens (including phenoxy) is 1. The Morgan fingerprint density at radius 2 is 2.57 bits per heavy atom. The fourth-order valence-corrected chi connectivity index (χ4v) is 1.57. The number of halogens is 1. The first-order valence-corrected chi connectivity index (χ1v) is 5.23. The van der Waals surface area contributed by atoms with Crippen molar-refractivity contribution in [2.75, 3.05) is 16.8 Å². The van der Waals surface area contributed by atoms with Crippen LogP contribution in [-0.4, -0.2) is 34.0 Å². The molecule has 0 N–H and O–H groups in total. The van der Waals surface area contributed by atoms with E-state index in [0.717, 1.165) is 0 Å². The van der Waals surface area contributed by atoms with Crippen LogP contribution in [0.1, 0.15) is 0 Å². The van der Waals surface area contributed by atoms with E-state index in [1.165, 1.54) is 11.2 Å². The van der Waals surface area contributed by atoms with Gasteiger partial charge in [-0.1, -0.05) is 15.9 Å². The van der Waals surface area contributed by atoms with Gasteiger partial charge in [-0.15, -0.1) is 0 Å². The molecule has 2 heterocycles. The van der Waals surface area contributed by atoms with E-state index in [1.54, 1.807) is 12.3 Å². The molecule has 1 atom stereocenters. The van der Waals surface area contributed by atoms with Gasteiger partial charge in [-0.3, -0.25) is 4.90 Å². The number of alkyl halides is 1. The van der Waals surface area contributed by atoms with Gasteiger partial charge >= 0.3 is 6.09 Å². The van der Waals surface area contributed by atoms with Gasteiger partial charge in [0.05, 0.1) is 6.54 Å². The minimum Gasteiger partial charge on any atom is -0.443 e. The van der Waals surface area contributed by atoms with Gasteiger partial charge in [0.2, 0.25) is 0 Å². The van der Waals surface area contributed by atoms with Crippen LogP contribution >= 0.6 is 15.9 Å². The molecule has 14 heavy (non-hydrogen) atoms. The van der Waals surface area contributed by atoms with Gasteiger partial charge in [0, 0.05) is 11.5 Å². The fourth-order valence-electron chi connectivity index (χ4n) is 1.23. The van der Waals surface area contributed by atoms with Gasteiger partial charge < -0.3 is 4.74 Å². The Labute approximate surface area is 89.2 Å². The number of hydrogen-bond donors (Lipinski definition) is 0. The van der Waals surface area contributed by atoms with Crippen molar-refractivity contribution in [3.05, 3.63) is 18.6 Å². The van der Waals surface area contributed by atoms with Crippen LogP contribution in [0, 0.1) is 0 Å². The molecule has 74 valence electrons. The summed E-state index contributed by atoms with van der Waals surface area (Å²) in [4.78, 5) is 20.6. The molecule has 1 aliphatic heterocycles. The molecule has 0 saturated carbocycles. The van der Waals surface area contributed by atoms with Crippen LogP contribution in [0.25, 0.3) is 0 Å². The van der Waals surface area contributed by atoms with Crippen LogP contribution in [-0.2, 0) is 4.74 Å². The van der Waals surface area contributed by atoms with Gasteiger partial charge in [-0.25, -0.2) is 14.8 Å². The van der Waals surface area contributed by atoms with Crippen molar-refractivity contribution in [1.82, 2.24) is 9.97 Å². The molecule has 1 fully saturated rings. The average Bonchev–Trinajstić information content (AvgIpc) is 2.61. The Balaban J connectivity index is 2.17. The van der Waals surface area contributed by atoms with Gasteiger partial charge in [-0.05, 0) is 6.07 Å². The van der Waals surface area contributed by atoms with Crippen LogP contribution in [0.5, 0.6) is 0 Å². The highest BCUT2D eigenvalue weighted by Crippen LogP contribution is 2.19. The quantitative estimate of drug-likeness (QED) is 0.748. The van der Waals surface area contributed by atoms with Crippen LogP contribution < -0.4 is 4.90 Å². The summed E-state index contributed by atoms with van der Waals surface area (Å²) >= 11 is 3.27. The second-order valence-electron chi connectivity index (χ2n) is 2.84. The molecule has 1 aliphatic rings. The highest BCUT2D eigenvalue weighted by Gasteiger charge is 2.32. The molecule has 1 saturated heterocycles. The molecule has 6 heteroatoms. The molecule has 1 aromatic heterocycles.